The van der Waals surface area contributed by atoms with E-state index in [4.69, 9.17) is 16.3 Å². The van der Waals surface area contributed by atoms with Crippen LogP contribution in [-0.2, 0) is 9.53 Å². The molecule has 0 aromatic heterocycles. The molecule has 0 radical (unpaired) electrons. The lowest BCUT2D eigenvalue weighted by Gasteiger charge is -2.08. The molecule has 5 nitrogen and oxygen atoms in total. The summed E-state index contributed by atoms with van der Waals surface area (Å²) in [4.78, 5) is 23.0. The van der Waals surface area contributed by atoms with Gasteiger partial charge in [0, 0.05) is 10.7 Å². The largest absolute Gasteiger partial charge is 0.484 e. The summed E-state index contributed by atoms with van der Waals surface area (Å²) in [6.07, 6.45) is 0. The number of anilines is 1. The number of hydrogen-bond donors (Lipinski definition) is 1. The van der Waals surface area contributed by atoms with Crippen LogP contribution in [0.15, 0.2) is 48.5 Å². The molecule has 6 heteroatoms. The van der Waals surface area contributed by atoms with E-state index in [1.165, 1.54) is 7.11 Å². The summed E-state index contributed by atoms with van der Waals surface area (Å²) in [6, 6.07) is 13.2. The fourth-order valence-corrected chi connectivity index (χ4v) is 1.91. The number of hydrogen-bond acceptors (Lipinski definition) is 4. The Hall–Kier alpha value is -2.53. The predicted molar refractivity (Wildman–Crippen MR) is 83.4 cm³/mol. The van der Waals surface area contributed by atoms with Crippen LogP contribution in [0.4, 0.5) is 5.69 Å². The van der Waals surface area contributed by atoms with E-state index in [2.05, 4.69) is 10.1 Å². The molecule has 2 aromatic carbocycles. The molecule has 1 N–H and O–H groups in total. The van der Waals surface area contributed by atoms with Crippen molar-refractivity contribution >= 4 is 29.2 Å². The lowest BCUT2D eigenvalue weighted by Crippen LogP contribution is -2.20. The van der Waals surface area contributed by atoms with Gasteiger partial charge in [-0.15, -0.1) is 0 Å². The number of halogens is 1. The van der Waals surface area contributed by atoms with Crippen molar-refractivity contribution in [3.05, 3.63) is 59.1 Å². The third-order valence-corrected chi connectivity index (χ3v) is 2.99. The lowest BCUT2D eigenvalue weighted by molar-refractivity contribution is -0.118. The first-order valence-electron chi connectivity index (χ1n) is 6.45. The second-order valence-electron chi connectivity index (χ2n) is 4.36. The highest BCUT2D eigenvalue weighted by Gasteiger charge is 2.07. The van der Waals surface area contributed by atoms with Crippen LogP contribution in [0.25, 0.3) is 0 Å². The Kier molecular flexibility index (Phi) is 5.38. The number of rotatable bonds is 5. The average Bonchev–Trinajstić information content (AvgIpc) is 2.52. The van der Waals surface area contributed by atoms with Crippen molar-refractivity contribution in [1.82, 2.24) is 0 Å². The molecule has 0 aliphatic rings. The predicted octanol–water partition coefficient (Wildman–Crippen LogP) is 3.14. The lowest BCUT2D eigenvalue weighted by atomic mass is 10.2. The van der Waals surface area contributed by atoms with Crippen LogP contribution in [-0.4, -0.2) is 25.6 Å². The van der Waals surface area contributed by atoms with Crippen LogP contribution in [0.3, 0.4) is 0 Å². The van der Waals surface area contributed by atoms with Gasteiger partial charge in [-0.05, 0) is 42.5 Å². The topological polar surface area (TPSA) is 64.6 Å². The quantitative estimate of drug-likeness (QED) is 0.860. The van der Waals surface area contributed by atoms with Gasteiger partial charge in [0.1, 0.15) is 5.75 Å². The first-order valence-corrected chi connectivity index (χ1v) is 6.83. The van der Waals surface area contributed by atoms with E-state index in [0.717, 1.165) is 0 Å². The van der Waals surface area contributed by atoms with E-state index >= 15 is 0 Å². The van der Waals surface area contributed by atoms with Crippen LogP contribution in [0, 0.1) is 0 Å². The number of carbonyl (C=O) groups excluding carboxylic acids is 2. The van der Waals surface area contributed by atoms with Crippen molar-refractivity contribution in [2.45, 2.75) is 0 Å². The third kappa shape index (κ3) is 4.49. The zero-order chi connectivity index (χ0) is 15.9. The molecule has 0 fully saturated rings. The molecule has 0 aliphatic heterocycles. The number of ether oxygens (including phenoxy) is 2. The van der Waals surface area contributed by atoms with Gasteiger partial charge < -0.3 is 14.8 Å². The molecule has 0 spiro atoms. The number of carbonyl (C=O) groups is 2. The Balaban J connectivity index is 1.87. The first-order chi connectivity index (χ1) is 10.6. The number of benzene rings is 2. The van der Waals surface area contributed by atoms with Gasteiger partial charge >= 0.3 is 5.97 Å². The van der Waals surface area contributed by atoms with Gasteiger partial charge in [-0.2, -0.15) is 0 Å². The molecular formula is C16H14ClNO4. The van der Waals surface area contributed by atoms with E-state index in [9.17, 15) is 9.59 Å². The van der Waals surface area contributed by atoms with E-state index < -0.39 is 5.97 Å². The maximum atomic E-state index is 11.8. The highest BCUT2D eigenvalue weighted by atomic mass is 35.5. The molecule has 2 aromatic rings. The molecule has 2 rings (SSSR count). The Labute approximate surface area is 132 Å². The maximum absolute atomic E-state index is 11.8. The van der Waals surface area contributed by atoms with Gasteiger partial charge in [-0.1, -0.05) is 17.7 Å². The minimum absolute atomic E-state index is 0.149. The van der Waals surface area contributed by atoms with E-state index in [-0.39, 0.29) is 12.5 Å². The van der Waals surface area contributed by atoms with Crippen molar-refractivity contribution in [2.75, 3.05) is 19.0 Å². The Morgan fingerprint density at radius 3 is 2.50 bits per heavy atom. The Morgan fingerprint density at radius 1 is 1.14 bits per heavy atom. The van der Waals surface area contributed by atoms with Gasteiger partial charge in [-0.25, -0.2) is 4.79 Å². The number of amides is 1. The number of nitrogens with one attached hydrogen (secondary N) is 1. The molecular weight excluding hydrogens is 306 g/mol. The minimum atomic E-state index is -0.426. The fraction of sp³-hybridized carbons (Fsp3) is 0.125. The summed E-state index contributed by atoms with van der Waals surface area (Å²) in [5.41, 5.74) is 1.01. The SMILES string of the molecule is COC(=O)c1ccc(OCC(=O)Nc2cccc(Cl)c2)cc1. The average molecular weight is 320 g/mol. The van der Waals surface area contributed by atoms with Crippen molar-refractivity contribution in [2.24, 2.45) is 0 Å². The molecule has 1 amide bonds. The molecule has 0 atom stereocenters. The molecule has 0 saturated carbocycles. The number of methoxy groups -OCH3 is 1. The van der Waals surface area contributed by atoms with Gasteiger partial charge in [0.15, 0.2) is 6.61 Å². The fourth-order valence-electron chi connectivity index (χ4n) is 1.72. The summed E-state index contributed by atoms with van der Waals surface area (Å²) in [5.74, 6) is -0.251. The van der Waals surface area contributed by atoms with E-state index in [1.807, 2.05) is 0 Å². The van der Waals surface area contributed by atoms with Crippen LogP contribution in [0.1, 0.15) is 10.4 Å². The first kappa shape index (κ1) is 15.9. The normalized spacial score (nSPS) is 9.91. The molecule has 22 heavy (non-hydrogen) atoms. The van der Waals surface area contributed by atoms with Gasteiger partial charge in [-0.3, -0.25) is 4.79 Å². The summed E-state index contributed by atoms with van der Waals surface area (Å²) in [7, 11) is 1.31. The van der Waals surface area contributed by atoms with Crippen molar-refractivity contribution in [3.8, 4) is 5.75 Å². The second-order valence-corrected chi connectivity index (χ2v) is 4.80. The molecule has 0 aliphatic carbocycles. The standard InChI is InChI=1S/C16H14ClNO4/c1-21-16(20)11-5-7-14(8-6-11)22-10-15(19)18-13-4-2-3-12(17)9-13/h2-9H,10H2,1H3,(H,18,19). The summed E-state index contributed by atoms with van der Waals surface area (Å²) in [6.45, 7) is -0.149. The minimum Gasteiger partial charge on any atom is -0.484 e. The summed E-state index contributed by atoms with van der Waals surface area (Å²) < 4.78 is 9.94. The molecule has 0 heterocycles. The number of esters is 1. The molecule has 0 bridgehead atoms. The maximum Gasteiger partial charge on any atom is 0.337 e. The highest BCUT2D eigenvalue weighted by Crippen LogP contribution is 2.15. The van der Waals surface area contributed by atoms with Crippen molar-refractivity contribution < 1.29 is 19.1 Å². The van der Waals surface area contributed by atoms with Crippen LogP contribution in [0.2, 0.25) is 5.02 Å². The van der Waals surface area contributed by atoms with Crippen LogP contribution in [0.5, 0.6) is 5.75 Å². The summed E-state index contributed by atoms with van der Waals surface area (Å²) >= 11 is 5.83. The second kappa shape index (κ2) is 7.47. The van der Waals surface area contributed by atoms with Gasteiger partial charge in [0.05, 0.1) is 12.7 Å². The zero-order valence-electron chi connectivity index (χ0n) is 11.8. The van der Waals surface area contributed by atoms with E-state index in [0.29, 0.717) is 22.0 Å². The van der Waals surface area contributed by atoms with E-state index in [1.54, 1.807) is 48.5 Å². The van der Waals surface area contributed by atoms with Crippen molar-refractivity contribution in [1.29, 1.82) is 0 Å². The molecule has 0 unspecified atom stereocenters. The molecule has 0 saturated heterocycles. The zero-order valence-corrected chi connectivity index (χ0v) is 12.6. The van der Waals surface area contributed by atoms with Crippen LogP contribution < -0.4 is 10.1 Å². The monoisotopic (exact) mass is 319 g/mol. The Morgan fingerprint density at radius 2 is 1.86 bits per heavy atom. The summed E-state index contributed by atoms with van der Waals surface area (Å²) in [5, 5.41) is 3.21. The van der Waals surface area contributed by atoms with Gasteiger partial charge in [0.2, 0.25) is 0 Å². The van der Waals surface area contributed by atoms with Crippen LogP contribution >= 0.6 is 11.6 Å². The third-order valence-electron chi connectivity index (χ3n) is 2.75. The smallest absolute Gasteiger partial charge is 0.337 e. The van der Waals surface area contributed by atoms with Gasteiger partial charge in [0.25, 0.3) is 5.91 Å². The molecule has 114 valence electrons. The van der Waals surface area contributed by atoms with Crippen molar-refractivity contribution in [3.63, 3.8) is 0 Å². The highest BCUT2D eigenvalue weighted by molar-refractivity contribution is 6.30. The Bertz CT molecular complexity index is 670.